The molecule has 1 aromatic carbocycles. The van der Waals surface area contributed by atoms with E-state index in [1.54, 1.807) is 6.92 Å². The van der Waals surface area contributed by atoms with Crippen LogP contribution in [-0.2, 0) is 11.0 Å². The first-order valence-electron chi connectivity index (χ1n) is 10.0. The minimum atomic E-state index is -4.91. The molecule has 30 heavy (non-hydrogen) atoms. The SMILES string of the molecule is CCCC1NC(C)=C(C#N)C(c2ccc(F)cc2C(F)(F)F)C1(CC1CC1)C(=O)[O-]. The number of rotatable bonds is 6. The normalized spacial score (nSPS) is 26.8. The number of carboxylic acid groups (broad SMARTS) is 1. The standard InChI is InChI=1S/C22H24F4N2O2/c1-3-4-18-21(20(29)30,10-13-5-6-13)19(16(11-27)12(2)28-18)15-8-7-14(23)9-17(15)22(24,25)26/h7-9,13,18-19,28H,3-6,10H2,1-2H3,(H,29,30)/p-1. The van der Waals surface area contributed by atoms with E-state index in [9.17, 15) is 32.7 Å². The highest BCUT2D eigenvalue weighted by Crippen LogP contribution is 2.56. The van der Waals surface area contributed by atoms with Crippen LogP contribution in [0.2, 0.25) is 0 Å². The van der Waals surface area contributed by atoms with Crippen LogP contribution in [0, 0.1) is 28.5 Å². The molecule has 4 nitrogen and oxygen atoms in total. The Morgan fingerprint density at radius 2 is 2.03 bits per heavy atom. The van der Waals surface area contributed by atoms with Gasteiger partial charge in [-0.3, -0.25) is 0 Å². The fourth-order valence-corrected chi connectivity index (χ4v) is 4.77. The summed E-state index contributed by atoms with van der Waals surface area (Å²) in [7, 11) is 0. The van der Waals surface area contributed by atoms with Gasteiger partial charge in [0.05, 0.1) is 23.2 Å². The number of halogens is 4. The van der Waals surface area contributed by atoms with Crippen molar-refractivity contribution in [1.82, 2.24) is 5.32 Å². The second-order valence-electron chi connectivity index (χ2n) is 8.27. The number of hydrogen-bond acceptors (Lipinski definition) is 4. The molecule has 3 rings (SSSR count). The van der Waals surface area contributed by atoms with E-state index in [1.165, 1.54) is 0 Å². The molecule has 2 aliphatic rings. The van der Waals surface area contributed by atoms with Crippen molar-refractivity contribution in [1.29, 1.82) is 5.26 Å². The second-order valence-corrected chi connectivity index (χ2v) is 8.27. The molecule has 0 aromatic heterocycles. The molecule has 3 atom stereocenters. The number of nitriles is 1. The number of nitrogens with zero attached hydrogens (tertiary/aromatic N) is 1. The molecule has 1 aliphatic heterocycles. The predicted octanol–water partition coefficient (Wildman–Crippen LogP) is 4.03. The van der Waals surface area contributed by atoms with Gasteiger partial charge in [-0.2, -0.15) is 18.4 Å². The van der Waals surface area contributed by atoms with Crippen LogP contribution in [0.4, 0.5) is 17.6 Å². The lowest BCUT2D eigenvalue weighted by molar-refractivity contribution is -0.323. The molecule has 1 saturated carbocycles. The minimum absolute atomic E-state index is 0.0414. The molecule has 0 saturated heterocycles. The van der Waals surface area contributed by atoms with E-state index in [4.69, 9.17) is 0 Å². The molecule has 8 heteroatoms. The third-order valence-electron chi connectivity index (χ3n) is 6.25. The summed E-state index contributed by atoms with van der Waals surface area (Å²) in [6.45, 7) is 3.41. The third kappa shape index (κ3) is 3.78. The van der Waals surface area contributed by atoms with Crippen molar-refractivity contribution in [3.05, 3.63) is 46.4 Å². The molecule has 0 amide bonds. The van der Waals surface area contributed by atoms with Gasteiger partial charge in [0.1, 0.15) is 5.82 Å². The van der Waals surface area contributed by atoms with Gasteiger partial charge in [0.25, 0.3) is 0 Å². The molecule has 1 aliphatic carbocycles. The highest BCUT2D eigenvalue weighted by molar-refractivity contribution is 5.78. The van der Waals surface area contributed by atoms with Crippen molar-refractivity contribution >= 4 is 5.97 Å². The highest BCUT2D eigenvalue weighted by Gasteiger charge is 2.55. The number of hydrogen-bond donors (Lipinski definition) is 1. The summed E-state index contributed by atoms with van der Waals surface area (Å²) in [6, 6.07) is 3.43. The summed E-state index contributed by atoms with van der Waals surface area (Å²) >= 11 is 0. The Bertz CT molecular complexity index is 915. The van der Waals surface area contributed by atoms with Gasteiger partial charge >= 0.3 is 6.18 Å². The molecule has 0 spiro atoms. The lowest BCUT2D eigenvalue weighted by Gasteiger charge is -2.52. The average Bonchev–Trinajstić information content (AvgIpc) is 3.47. The van der Waals surface area contributed by atoms with E-state index >= 15 is 0 Å². The first kappa shape index (κ1) is 22.1. The number of nitrogens with one attached hydrogen (secondary N) is 1. The van der Waals surface area contributed by atoms with Gasteiger partial charge in [-0.1, -0.05) is 32.3 Å². The van der Waals surface area contributed by atoms with Crippen LogP contribution in [-0.4, -0.2) is 12.0 Å². The van der Waals surface area contributed by atoms with Crippen molar-refractivity contribution in [3.63, 3.8) is 0 Å². The Kier molecular flexibility index (Phi) is 5.85. The summed E-state index contributed by atoms with van der Waals surface area (Å²) < 4.78 is 55.3. The van der Waals surface area contributed by atoms with Crippen LogP contribution in [0.5, 0.6) is 0 Å². The zero-order chi connectivity index (χ0) is 22.3. The topological polar surface area (TPSA) is 76.0 Å². The van der Waals surface area contributed by atoms with Gasteiger partial charge < -0.3 is 15.2 Å². The Morgan fingerprint density at radius 1 is 1.37 bits per heavy atom. The van der Waals surface area contributed by atoms with Crippen LogP contribution in [0.3, 0.4) is 0 Å². The number of carboxylic acids is 1. The maximum atomic E-state index is 13.8. The van der Waals surface area contributed by atoms with Gasteiger partial charge in [-0.15, -0.1) is 0 Å². The van der Waals surface area contributed by atoms with Crippen molar-refractivity contribution in [3.8, 4) is 6.07 Å². The largest absolute Gasteiger partial charge is 0.549 e. The zero-order valence-corrected chi connectivity index (χ0v) is 16.8. The zero-order valence-electron chi connectivity index (χ0n) is 16.8. The molecule has 1 aromatic rings. The number of carbonyl (C=O) groups is 1. The molecule has 0 bridgehead atoms. The van der Waals surface area contributed by atoms with E-state index in [2.05, 4.69) is 5.32 Å². The van der Waals surface area contributed by atoms with Crippen molar-refractivity contribution in [2.24, 2.45) is 11.3 Å². The summed E-state index contributed by atoms with van der Waals surface area (Å²) in [5.74, 6) is -3.91. The van der Waals surface area contributed by atoms with Crippen LogP contribution >= 0.6 is 0 Å². The van der Waals surface area contributed by atoms with E-state index < -0.39 is 46.5 Å². The first-order valence-corrected chi connectivity index (χ1v) is 10.0. The number of carbonyl (C=O) groups excluding carboxylic acids is 1. The molecule has 3 unspecified atom stereocenters. The smallest absolute Gasteiger partial charge is 0.416 e. The Morgan fingerprint density at radius 3 is 2.53 bits per heavy atom. The van der Waals surface area contributed by atoms with E-state index in [0.717, 1.165) is 25.0 Å². The summed E-state index contributed by atoms with van der Waals surface area (Å²) in [6.07, 6.45) is -2.27. The average molecular weight is 423 g/mol. The van der Waals surface area contributed by atoms with Crippen LogP contribution < -0.4 is 10.4 Å². The first-order chi connectivity index (χ1) is 14.1. The van der Waals surface area contributed by atoms with Crippen molar-refractivity contribution in [2.45, 2.75) is 64.1 Å². The molecule has 1 N–H and O–H groups in total. The summed E-state index contributed by atoms with van der Waals surface area (Å²) in [4.78, 5) is 12.7. The number of benzene rings is 1. The Hall–Kier alpha value is -2.56. The highest BCUT2D eigenvalue weighted by atomic mass is 19.4. The van der Waals surface area contributed by atoms with Crippen LogP contribution in [0.15, 0.2) is 29.5 Å². The van der Waals surface area contributed by atoms with Crippen LogP contribution in [0.1, 0.15) is 63.0 Å². The maximum absolute atomic E-state index is 13.8. The minimum Gasteiger partial charge on any atom is -0.549 e. The second kappa shape index (κ2) is 7.93. The number of alkyl halides is 3. The molecular weight excluding hydrogens is 400 g/mol. The molecule has 0 radical (unpaired) electrons. The van der Waals surface area contributed by atoms with Crippen LogP contribution in [0.25, 0.3) is 0 Å². The van der Waals surface area contributed by atoms with Gasteiger partial charge in [-0.25, -0.2) is 4.39 Å². The molecule has 1 heterocycles. The fourth-order valence-electron chi connectivity index (χ4n) is 4.77. The Balaban J connectivity index is 2.35. The fraction of sp³-hybridized carbons (Fsp3) is 0.545. The molecule has 1 fully saturated rings. The quantitative estimate of drug-likeness (QED) is 0.701. The number of allylic oxidation sites excluding steroid dienone is 2. The van der Waals surface area contributed by atoms with Gasteiger partial charge in [0.15, 0.2) is 0 Å². The summed E-state index contributed by atoms with van der Waals surface area (Å²) in [5, 5.41) is 25.5. The Labute approximate surface area is 172 Å². The lowest BCUT2D eigenvalue weighted by Crippen LogP contribution is -2.61. The maximum Gasteiger partial charge on any atom is 0.416 e. The monoisotopic (exact) mass is 423 g/mol. The van der Waals surface area contributed by atoms with E-state index in [1.807, 2.05) is 13.0 Å². The van der Waals surface area contributed by atoms with Crippen molar-refractivity contribution < 1.29 is 27.5 Å². The van der Waals surface area contributed by atoms with Gasteiger partial charge in [0.2, 0.25) is 0 Å². The predicted molar refractivity (Wildman–Crippen MR) is 99.1 cm³/mol. The van der Waals surface area contributed by atoms with E-state index in [0.29, 0.717) is 24.6 Å². The third-order valence-corrected chi connectivity index (χ3v) is 6.25. The van der Waals surface area contributed by atoms with Gasteiger partial charge in [0, 0.05) is 23.1 Å². The lowest BCUT2D eigenvalue weighted by atomic mass is 9.58. The molecular formula is C22H23F4N2O2-. The van der Waals surface area contributed by atoms with Gasteiger partial charge in [-0.05, 0) is 43.4 Å². The van der Waals surface area contributed by atoms with Crippen molar-refractivity contribution in [2.75, 3.05) is 0 Å². The number of aliphatic carboxylic acids is 1. The molecule has 162 valence electrons. The summed E-state index contributed by atoms with van der Waals surface area (Å²) in [5.41, 5.74) is -3.14. The van der Waals surface area contributed by atoms with E-state index in [-0.39, 0.29) is 17.9 Å².